The molecule has 2 aromatic heterocycles. The van der Waals surface area contributed by atoms with Crippen LogP contribution in [0.3, 0.4) is 0 Å². The van der Waals surface area contributed by atoms with E-state index in [1.165, 1.54) is 48.5 Å². The van der Waals surface area contributed by atoms with Crippen molar-refractivity contribution in [3.05, 3.63) is 224 Å². The third kappa shape index (κ3) is 3.44. The lowest BCUT2D eigenvalue weighted by atomic mass is 9.92. The molecule has 8 heterocycles. The molecule has 0 N–H and O–H groups in total. The highest BCUT2D eigenvalue weighted by Crippen LogP contribution is 2.58. The molecular formula is C45H20F8N4+2. The highest BCUT2D eigenvalue weighted by atomic mass is 19.2. The van der Waals surface area contributed by atoms with Crippen molar-refractivity contribution in [3.8, 4) is 0 Å². The van der Waals surface area contributed by atoms with Crippen LogP contribution < -0.4 is 10.7 Å². The predicted molar refractivity (Wildman–Crippen MR) is 193 cm³/mol. The first-order valence-electron chi connectivity index (χ1n) is 17.8. The molecule has 4 nitrogen and oxygen atoms in total. The average molecular weight is 769 g/mol. The fraction of sp³-hybridized carbons (Fsp3) is 0.0222. The van der Waals surface area contributed by atoms with Crippen LogP contribution in [0.4, 0.5) is 35.1 Å². The van der Waals surface area contributed by atoms with Crippen LogP contribution in [-0.2, 0) is 5.91 Å². The van der Waals surface area contributed by atoms with Crippen LogP contribution in [-0.4, -0.2) is 29.7 Å². The molecule has 6 aliphatic rings. The van der Waals surface area contributed by atoms with Crippen LogP contribution in [0.1, 0.15) is 33.6 Å². The van der Waals surface area contributed by atoms with Crippen molar-refractivity contribution in [1.29, 1.82) is 0 Å². The van der Waals surface area contributed by atoms with Gasteiger partial charge in [0.25, 0.3) is 22.8 Å². The van der Waals surface area contributed by atoms with E-state index in [1.807, 2.05) is 0 Å². The van der Waals surface area contributed by atoms with Crippen LogP contribution in [0.5, 0.6) is 0 Å². The fourth-order valence-corrected chi connectivity index (χ4v) is 9.60. The summed E-state index contributed by atoms with van der Waals surface area (Å²) >= 11 is 0. The van der Waals surface area contributed by atoms with Gasteiger partial charge in [-0.25, -0.2) is 17.6 Å². The minimum absolute atomic E-state index is 0.132. The summed E-state index contributed by atoms with van der Waals surface area (Å²) in [4.78, 5) is 0. The summed E-state index contributed by atoms with van der Waals surface area (Å²) in [5, 5.41) is -1.28. The number of nitrogens with zero attached hydrogens (tertiary/aromatic N) is 4. The molecule has 12 heteroatoms. The second-order valence-electron chi connectivity index (χ2n) is 14.2. The van der Waals surface area contributed by atoms with Gasteiger partial charge in [0, 0.05) is 0 Å². The monoisotopic (exact) mass is 768 g/mol. The topological polar surface area (TPSA) is 15.9 Å². The third-order valence-electron chi connectivity index (χ3n) is 11.6. The van der Waals surface area contributed by atoms with Gasteiger partial charge in [-0.2, -0.15) is 26.7 Å². The summed E-state index contributed by atoms with van der Waals surface area (Å²) in [6.07, 6.45) is 0. The molecule has 0 radical (unpaired) electrons. The molecule has 0 atom stereocenters. The molecule has 0 amide bonds. The Kier molecular flexibility index (Phi) is 5.99. The fourth-order valence-electron chi connectivity index (χ4n) is 9.60. The average Bonchev–Trinajstić information content (AvgIpc) is 3.87. The summed E-state index contributed by atoms with van der Waals surface area (Å²) in [6.45, 7) is 0. The lowest BCUT2D eigenvalue weighted by Gasteiger charge is -2.40. The Morgan fingerprint density at radius 1 is 0.351 bits per heavy atom. The predicted octanol–water partition coefficient (Wildman–Crippen LogP) is 8.17. The van der Waals surface area contributed by atoms with E-state index in [-0.39, 0.29) is 44.5 Å². The van der Waals surface area contributed by atoms with Gasteiger partial charge in [-0.15, -0.1) is 0 Å². The lowest BCUT2D eigenvalue weighted by Crippen LogP contribution is -2.72. The molecule has 12 rings (SSSR count). The van der Waals surface area contributed by atoms with E-state index < -0.39 is 97.4 Å². The molecule has 0 saturated heterocycles. The smallest absolute Gasteiger partial charge is 0.201 e. The van der Waals surface area contributed by atoms with E-state index in [9.17, 15) is 0 Å². The zero-order chi connectivity index (χ0) is 38.8. The van der Waals surface area contributed by atoms with Crippen LogP contribution in [0, 0.1) is 23.3 Å². The van der Waals surface area contributed by atoms with Crippen LogP contribution in [0.2, 0.25) is 0 Å². The summed E-state index contributed by atoms with van der Waals surface area (Å²) in [7, 11) is 0. The Morgan fingerprint density at radius 3 is 1.00 bits per heavy atom. The molecule has 0 unspecified atom stereocenters. The van der Waals surface area contributed by atoms with Gasteiger partial charge in [0.15, 0.2) is 23.3 Å². The van der Waals surface area contributed by atoms with Crippen LogP contribution in [0.25, 0.3) is 22.3 Å². The summed E-state index contributed by atoms with van der Waals surface area (Å²) in [5.74, 6) is -15.0. The van der Waals surface area contributed by atoms with Gasteiger partial charge in [0.05, 0.1) is 22.3 Å². The van der Waals surface area contributed by atoms with Gasteiger partial charge in [-0.1, -0.05) is 130 Å². The number of hydrogen-bond acceptors (Lipinski definition) is 0. The quantitative estimate of drug-likeness (QED) is 0.127. The minimum atomic E-state index is -2.75. The highest BCUT2D eigenvalue weighted by molar-refractivity contribution is 6.31. The van der Waals surface area contributed by atoms with Crippen LogP contribution >= 0.6 is 0 Å². The minimum Gasteiger partial charge on any atom is -0.201 e. The maximum Gasteiger partial charge on any atom is 0.554 e. The van der Waals surface area contributed by atoms with Crippen molar-refractivity contribution in [2.45, 2.75) is 5.91 Å². The van der Waals surface area contributed by atoms with E-state index in [0.717, 1.165) is 18.3 Å². The summed E-state index contributed by atoms with van der Waals surface area (Å²) in [5.41, 5.74) is -4.52. The molecule has 274 valence electrons. The van der Waals surface area contributed by atoms with Crippen molar-refractivity contribution in [3.63, 3.8) is 0 Å². The molecule has 0 saturated carbocycles. The maximum absolute atomic E-state index is 17.3. The molecule has 0 fully saturated rings. The van der Waals surface area contributed by atoms with Crippen molar-refractivity contribution in [2.24, 2.45) is 0 Å². The van der Waals surface area contributed by atoms with Crippen molar-refractivity contribution in [1.82, 2.24) is 9.13 Å². The van der Waals surface area contributed by atoms with Gasteiger partial charge < -0.3 is 0 Å². The Hall–Kier alpha value is -7.08. The van der Waals surface area contributed by atoms with Crippen molar-refractivity contribution in [2.75, 3.05) is 0 Å². The summed E-state index contributed by atoms with van der Waals surface area (Å²) < 4.78 is 143. The zero-order valence-corrected chi connectivity index (χ0v) is 28.9. The highest BCUT2D eigenvalue weighted by Gasteiger charge is 2.78. The summed E-state index contributed by atoms with van der Waals surface area (Å²) in [6, 6.07) is 31.1. The third-order valence-corrected chi connectivity index (χ3v) is 11.6. The number of hydrogen-bond donors (Lipinski definition) is 0. The van der Waals surface area contributed by atoms with E-state index in [0.29, 0.717) is 0 Å². The van der Waals surface area contributed by atoms with Crippen LogP contribution in [0.15, 0.2) is 156 Å². The van der Waals surface area contributed by atoms with E-state index in [1.54, 1.807) is 72.8 Å². The van der Waals surface area contributed by atoms with Crippen molar-refractivity contribution >= 4 is 33.7 Å². The second-order valence-corrected chi connectivity index (χ2v) is 14.2. The Balaban J connectivity index is 1.45. The second kappa shape index (κ2) is 10.6. The molecule has 6 aromatic rings. The largest absolute Gasteiger partial charge is 0.554 e. The number of benzene rings is 4. The SMILES string of the molecule is FC1=C(F)C2=[N+]3C1=C(c1ccccc1)c1c(F)c(F)c4n1C31n3c(c(F)c(F)c3=C(c3ccccc3)C3=[N+]1C(=C4c1ccccc1)C(F)=C3F)=C2c1ccccc1. The zero-order valence-electron chi connectivity index (χ0n) is 28.9. The molecule has 4 aromatic carbocycles. The standard InChI is InChI=1S/C45H20F8N4/c46-29-31(48)39-26(22-15-7-2-8-16-22)41-33(50)35(52)43-28(24-19-11-4-12-20-24)44-36(53)34(51)42-27(23-17-9-3-10-18-23)40-32(49)30(47)38-25(21-13-5-1-6-14-21)37(29)54(39)45(55(38)40,56(41)43)57(42)44/h1-20H/q+2. The molecule has 57 heavy (non-hydrogen) atoms. The van der Waals surface area contributed by atoms with Gasteiger partial charge in [0.1, 0.15) is 22.1 Å². The molecule has 0 bridgehead atoms. The Bertz CT molecular complexity index is 3060. The lowest BCUT2D eigenvalue weighted by molar-refractivity contribution is -0.836. The first-order valence-corrected chi connectivity index (χ1v) is 17.8. The molecule has 0 aliphatic carbocycles. The van der Waals surface area contributed by atoms with Gasteiger partial charge in [0.2, 0.25) is 23.3 Å². The Labute approximate surface area is 316 Å². The number of halogens is 8. The van der Waals surface area contributed by atoms with Gasteiger partial charge in [-0.05, 0) is 22.3 Å². The van der Waals surface area contributed by atoms with Gasteiger partial charge >= 0.3 is 5.91 Å². The maximum atomic E-state index is 17.3. The molecule has 6 aliphatic heterocycles. The number of rotatable bonds is 4. The normalized spacial score (nSPS) is 18.2. The number of aromatic nitrogens is 2. The number of allylic oxidation sites excluding steroid dienone is 4. The molecule has 1 spiro atoms. The van der Waals surface area contributed by atoms with Crippen molar-refractivity contribution < 1.29 is 44.3 Å². The first-order chi connectivity index (χ1) is 27.7. The van der Waals surface area contributed by atoms with E-state index >= 15 is 35.1 Å². The van der Waals surface area contributed by atoms with E-state index in [2.05, 4.69) is 0 Å². The first kappa shape index (κ1) is 32.2. The van der Waals surface area contributed by atoms with E-state index in [4.69, 9.17) is 0 Å². The van der Waals surface area contributed by atoms with Gasteiger partial charge in [-0.3, -0.25) is 0 Å². The Morgan fingerprint density at radius 2 is 0.667 bits per heavy atom. The molecular weight excluding hydrogens is 749 g/mol.